The van der Waals surface area contributed by atoms with Gasteiger partial charge in [0.25, 0.3) is 17.7 Å². The molecule has 140 valence electrons. The minimum Gasteiger partial charge on any atom is -0.350 e. The molecule has 2 rings (SSSR count). The van der Waals surface area contributed by atoms with Crippen molar-refractivity contribution in [3.05, 3.63) is 34.9 Å². The van der Waals surface area contributed by atoms with E-state index in [4.69, 9.17) is 0 Å². The summed E-state index contributed by atoms with van der Waals surface area (Å²) in [6.45, 7) is 4.74. The first-order valence-corrected chi connectivity index (χ1v) is 8.46. The molecular formula is C18H24N4O4. The largest absolute Gasteiger partial charge is 0.350 e. The predicted octanol–water partition coefficient (Wildman–Crippen LogP) is 0.940. The Morgan fingerprint density at radius 3 is 2.27 bits per heavy atom. The SMILES string of the molecule is CC(C)CN1C(=O)c2ccc(C(=O)NCCNC(=O)N(C)C)cc2C1=O. The normalized spacial score (nSPS) is 13.0. The minimum absolute atomic E-state index is 0.164. The van der Waals surface area contributed by atoms with E-state index in [1.54, 1.807) is 14.1 Å². The molecule has 0 spiro atoms. The number of carbonyl (C=O) groups is 4. The zero-order chi connectivity index (χ0) is 19.4. The molecule has 0 aromatic heterocycles. The van der Waals surface area contributed by atoms with E-state index < -0.39 is 0 Å². The standard InChI is InChI=1S/C18H24N4O4/c1-11(2)10-22-16(24)13-6-5-12(9-14(13)17(22)25)15(23)19-7-8-20-18(26)21(3)4/h5-6,9,11H,7-8,10H2,1-4H3,(H,19,23)(H,20,26). The smallest absolute Gasteiger partial charge is 0.316 e. The number of rotatable bonds is 6. The number of hydrogen-bond acceptors (Lipinski definition) is 4. The van der Waals surface area contributed by atoms with Crippen molar-refractivity contribution in [3.63, 3.8) is 0 Å². The third kappa shape index (κ3) is 4.19. The summed E-state index contributed by atoms with van der Waals surface area (Å²) in [6, 6.07) is 4.24. The van der Waals surface area contributed by atoms with E-state index in [2.05, 4.69) is 10.6 Å². The van der Waals surface area contributed by atoms with E-state index in [1.165, 1.54) is 28.0 Å². The molecule has 0 atom stereocenters. The third-order valence-electron chi connectivity index (χ3n) is 3.87. The second-order valence-electron chi connectivity index (χ2n) is 6.76. The van der Waals surface area contributed by atoms with Crippen molar-refractivity contribution in [2.75, 3.05) is 33.7 Å². The number of hydrogen-bond donors (Lipinski definition) is 2. The number of nitrogens with zero attached hydrogens (tertiary/aromatic N) is 2. The highest BCUT2D eigenvalue weighted by Gasteiger charge is 2.36. The zero-order valence-electron chi connectivity index (χ0n) is 15.5. The van der Waals surface area contributed by atoms with E-state index >= 15 is 0 Å². The number of fused-ring (bicyclic) bond motifs is 1. The Morgan fingerprint density at radius 2 is 1.65 bits per heavy atom. The summed E-state index contributed by atoms with van der Waals surface area (Å²) < 4.78 is 0. The summed E-state index contributed by atoms with van der Waals surface area (Å²) in [5.74, 6) is -0.893. The fraction of sp³-hybridized carbons (Fsp3) is 0.444. The van der Waals surface area contributed by atoms with Crippen LogP contribution in [0.5, 0.6) is 0 Å². The Hall–Kier alpha value is -2.90. The van der Waals surface area contributed by atoms with Gasteiger partial charge in [0.05, 0.1) is 11.1 Å². The zero-order valence-corrected chi connectivity index (χ0v) is 15.5. The molecule has 5 amide bonds. The highest BCUT2D eigenvalue weighted by Crippen LogP contribution is 2.24. The molecule has 0 bridgehead atoms. The van der Waals surface area contributed by atoms with E-state index in [-0.39, 0.29) is 48.3 Å². The molecule has 0 radical (unpaired) electrons. The molecule has 26 heavy (non-hydrogen) atoms. The van der Waals surface area contributed by atoms with Crippen molar-refractivity contribution in [3.8, 4) is 0 Å². The molecule has 1 aromatic carbocycles. The maximum Gasteiger partial charge on any atom is 0.316 e. The van der Waals surface area contributed by atoms with Gasteiger partial charge in [-0.15, -0.1) is 0 Å². The van der Waals surface area contributed by atoms with E-state index in [1.807, 2.05) is 13.8 Å². The molecule has 1 heterocycles. The second-order valence-corrected chi connectivity index (χ2v) is 6.76. The molecule has 1 aromatic rings. The number of nitrogens with one attached hydrogen (secondary N) is 2. The number of amides is 5. The van der Waals surface area contributed by atoms with Gasteiger partial charge in [-0.1, -0.05) is 13.8 Å². The first-order valence-electron chi connectivity index (χ1n) is 8.46. The van der Waals surface area contributed by atoms with Crippen LogP contribution in [0.3, 0.4) is 0 Å². The van der Waals surface area contributed by atoms with Crippen molar-refractivity contribution in [2.45, 2.75) is 13.8 Å². The molecule has 0 fully saturated rings. The van der Waals surface area contributed by atoms with Crippen LogP contribution in [-0.4, -0.2) is 67.3 Å². The van der Waals surface area contributed by atoms with Gasteiger partial charge in [-0.2, -0.15) is 0 Å². The monoisotopic (exact) mass is 360 g/mol. The molecule has 1 aliphatic rings. The van der Waals surface area contributed by atoms with Crippen LogP contribution in [0.1, 0.15) is 44.9 Å². The highest BCUT2D eigenvalue weighted by molar-refractivity contribution is 6.22. The molecule has 8 nitrogen and oxygen atoms in total. The van der Waals surface area contributed by atoms with Crippen molar-refractivity contribution in [1.29, 1.82) is 0 Å². The lowest BCUT2D eigenvalue weighted by Gasteiger charge is -2.15. The summed E-state index contributed by atoms with van der Waals surface area (Å²) >= 11 is 0. The summed E-state index contributed by atoms with van der Waals surface area (Å²) in [5, 5.41) is 5.31. The van der Waals surface area contributed by atoms with Gasteiger partial charge in [-0.05, 0) is 24.1 Å². The van der Waals surface area contributed by atoms with Gasteiger partial charge in [0.1, 0.15) is 0 Å². The van der Waals surface area contributed by atoms with Gasteiger partial charge >= 0.3 is 6.03 Å². The number of carbonyl (C=O) groups excluding carboxylic acids is 4. The fourth-order valence-electron chi connectivity index (χ4n) is 2.57. The lowest BCUT2D eigenvalue weighted by atomic mass is 10.1. The van der Waals surface area contributed by atoms with E-state index in [0.717, 1.165) is 0 Å². The highest BCUT2D eigenvalue weighted by atomic mass is 16.2. The average molecular weight is 360 g/mol. The van der Waals surface area contributed by atoms with Crippen LogP contribution in [0.15, 0.2) is 18.2 Å². The molecule has 0 saturated carbocycles. The Kier molecular flexibility index (Phi) is 5.97. The Bertz CT molecular complexity index is 743. The fourth-order valence-corrected chi connectivity index (χ4v) is 2.57. The van der Waals surface area contributed by atoms with Crippen LogP contribution in [0, 0.1) is 5.92 Å². The lowest BCUT2D eigenvalue weighted by molar-refractivity contribution is 0.0636. The average Bonchev–Trinajstić information content (AvgIpc) is 2.82. The predicted molar refractivity (Wildman–Crippen MR) is 96.1 cm³/mol. The molecule has 0 saturated heterocycles. The maximum atomic E-state index is 12.4. The van der Waals surface area contributed by atoms with Crippen LogP contribution in [0.4, 0.5) is 4.79 Å². The molecule has 1 aliphatic heterocycles. The Morgan fingerprint density at radius 1 is 1.04 bits per heavy atom. The van der Waals surface area contributed by atoms with Gasteiger partial charge < -0.3 is 15.5 Å². The molecule has 8 heteroatoms. The maximum absolute atomic E-state index is 12.4. The summed E-state index contributed by atoms with van der Waals surface area (Å²) in [4.78, 5) is 51.0. The van der Waals surface area contributed by atoms with Crippen LogP contribution in [0.25, 0.3) is 0 Å². The summed E-state index contributed by atoms with van der Waals surface area (Å²) in [7, 11) is 3.25. The lowest BCUT2D eigenvalue weighted by Crippen LogP contribution is -2.39. The number of urea groups is 1. The molecule has 0 aliphatic carbocycles. The van der Waals surface area contributed by atoms with E-state index in [0.29, 0.717) is 17.7 Å². The van der Waals surface area contributed by atoms with Gasteiger partial charge in [-0.25, -0.2) is 4.79 Å². The van der Waals surface area contributed by atoms with Gasteiger partial charge in [0.2, 0.25) is 0 Å². The molecule has 0 unspecified atom stereocenters. The Labute approximate surface area is 152 Å². The van der Waals surface area contributed by atoms with Crippen molar-refractivity contribution in [1.82, 2.24) is 20.4 Å². The second kappa shape index (κ2) is 7.99. The van der Waals surface area contributed by atoms with Gasteiger partial charge in [-0.3, -0.25) is 19.3 Å². The van der Waals surface area contributed by atoms with Crippen molar-refractivity contribution in [2.24, 2.45) is 5.92 Å². The first-order chi connectivity index (χ1) is 12.2. The van der Waals surface area contributed by atoms with Crippen LogP contribution in [0.2, 0.25) is 0 Å². The molecule has 2 N–H and O–H groups in total. The van der Waals surface area contributed by atoms with Gasteiger partial charge in [0, 0.05) is 39.3 Å². The van der Waals surface area contributed by atoms with Gasteiger partial charge in [0.15, 0.2) is 0 Å². The number of imide groups is 1. The van der Waals surface area contributed by atoms with Crippen LogP contribution < -0.4 is 10.6 Å². The van der Waals surface area contributed by atoms with Crippen molar-refractivity contribution >= 4 is 23.8 Å². The topological polar surface area (TPSA) is 98.8 Å². The summed E-state index contributed by atoms with van der Waals surface area (Å²) in [6.07, 6.45) is 0. The Balaban J connectivity index is 2.00. The van der Waals surface area contributed by atoms with Crippen LogP contribution >= 0.6 is 0 Å². The third-order valence-corrected chi connectivity index (χ3v) is 3.87. The van der Waals surface area contributed by atoms with Crippen LogP contribution in [-0.2, 0) is 0 Å². The summed E-state index contributed by atoms with van der Waals surface area (Å²) in [5.41, 5.74) is 0.880. The van der Waals surface area contributed by atoms with Crippen molar-refractivity contribution < 1.29 is 19.2 Å². The molecular weight excluding hydrogens is 336 g/mol. The number of benzene rings is 1. The first kappa shape index (κ1) is 19.4. The minimum atomic E-state index is -0.369. The van der Waals surface area contributed by atoms with E-state index in [9.17, 15) is 19.2 Å². The quantitative estimate of drug-likeness (QED) is 0.583.